The van der Waals surface area contributed by atoms with Gasteiger partial charge >= 0.3 is 5.97 Å². The monoisotopic (exact) mass is 548 g/mol. The van der Waals surface area contributed by atoms with Crippen LogP contribution in [-0.2, 0) is 30.4 Å². The minimum Gasteiger partial charge on any atom is -0.480 e. The van der Waals surface area contributed by atoms with Crippen molar-refractivity contribution in [3.8, 4) is 0 Å². The maximum Gasteiger partial charge on any atom is 0.326 e. The molecule has 0 aliphatic carbocycles. The number of carboxylic acids is 1. The molecule has 1 heterocycles. The first-order valence-corrected chi connectivity index (χ1v) is 12.9. The Morgan fingerprint density at radius 3 is 2.29 bits per heavy atom. The van der Waals surface area contributed by atoms with Crippen LogP contribution in [0, 0.1) is 5.92 Å². The number of fused-ring (bicyclic) bond motifs is 1. The number of aliphatic carboxylic acids is 1. The molecule has 13 heteroatoms. The van der Waals surface area contributed by atoms with Crippen molar-refractivity contribution >= 4 is 53.1 Å². The molecule has 12 nitrogen and oxygen atoms in total. The second-order valence-corrected chi connectivity index (χ2v) is 9.56. The van der Waals surface area contributed by atoms with Crippen LogP contribution in [0.4, 0.5) is 0 Å². The van der Waals surface area contributed by atoms with Crippen LogP contribution in [0.5, 0.6) is 0 Å². The topological polar surface area (TPSA) is 210 Å². The van der Waals surface area contributed by atoms with Gasteiger partial charge < -0.3 is 37.5 Å². The first kappa shape index (κ1) is 30.6. The number of carboxylic acid groups (broad SMARTS) is 1. The van der Waals surface area contributed by atoms with E-state index in [0.29, 0.717) is 6.42 Å². The van der Waals surface area contributed by atoms with Gasteiger partial charge in [-0.25, -0.2) is 4.79 Å². The van der Waals surface area contributed by atoms with E-state index < -0.39 is 53.8 Å². The van der Waals surface area contributed by atoms with Gasteiger partial charge in [-0.1, -0.05) is 38.5 Å². The Kier molecular flexibility index (Phi) is 11.6. The zero-order valence-electron chi connectivity index (χ0n) is 21.4. The summed E-state index contributed by atoms with van der Waals surface area (Å²) in [4.78, 5) is 65.0. The van der Waals surface area contributed by atoms with E-state index >= 15 is 0 Å². The number of hydrogen-bond donors (Lipinski definition) is 8. The lowest BCUT2D eigenvalue weighted by Crippen LogP contribution is -2.59. The van der Waals surface area contributed by atoms with Crippen molar-refractivity contribution in [2.24, 2.45) is 17.4 Å². The van der Waals surface area contributed by atoms with Crippen LogP contribution in [0.3, 0.4) is 0 Å². The van der Waals surface area contributed by atoms with Crippen LogP contribution in [0.15, 0.2) is 30.5 Å². The molecule has 0 aliphatic heterocycles. The number of primary amides is 1. The number of hydrogen-bond acceptors (Lipinski definition) is 7. The normalized spacial score (nSPS) is 15.1. The van der Waals surface area contributed by atoms with E-state index in [2.05, 4.69) is 33.6 Å². The lowest BCUT2D eigenvalue weighted by Gasteiger charge is -2.28. The van der Waals surface area contributed by atoms with E-state index in [1.165, 1.54) is 0 Å². The number of nitrogens with one attached hydrogen (secondary N) is 4. The molecule has 0 radical (unpaired) electrons. The van der Waals surface area contributed by atoms with Crippen molar-refractivity contribution in [3.63, 3.8) is 0 Å². The second kappa shape index (κ2) is 14.4. The number of para-hydroxylation sites is 1. The molecule has 4 amide bonds. The van der Waals surface area contributed by atoms with E-state index in [1.807, 2.05) is 31.2 Å². The fourth-order valence-electron chi connectivity index (χ4n) is 3.85. The average molecular weight is 549 g/mol. The number of rotatable bonds is 15. The lowest BCUT2D eigenvalue weighted by atomic mass is 9.96. The van der Waals surface area contributed by atoms with Crippen LogP contribution in [0.1, 0.15) is 38.7 Å². The molecule has 5 atom stereocenters. The molecule has 5 unspecified atom stereocenters. The van der Waals surface area contributed by atoms with E-state index in [-0.39, 0.29) is 30.9 Å². The number of H-pyrrole nitrogens is 1. The summed E-state index contributed by atoms with van der Waals surface area (Å²) in [6, 6.07) is 2.96. The Morgan fingerprint density at radius 1 is 1.03 bits per heavy atom. The van der Waals surface area contributed by atoms with Crippen molar-refractivity contribution in [1.82, 2.24) is 20.9 Å². The fourth-order valence-corrected chi connectivity index (χ4v) is 4.02. The minimum atomic E-state index is -1.37. The highest BCUT2D eigenvalue weighted by Gasteiger charge is 2.33. The maximum absolute atomic E-state index is 13.5. The van der Waals surface area contributed by atoms with Gasteiger partial charge in [0.05, 0.1) is 6.04 Å². The predicted octanol–water partition coefficient (Wildman–Crippen LogP) is -0.182. The number of carbonyl (C=O) groups is 5. The zero-order chi connectivity index (χ0) is 28.4. The molecule has 208 valence electrons. The van der Waals surface area contributed by atoms with Gasteiger partial charge in [-0.05, 0) is 24.0 Å². The summed E-state index contributed by atoms with van der Waals surface area (Å²) in [6.45, 7) is 3.55. The number of benzene rings is 1. The second-order valence-electron chi connectivity index (χ2n) is 9.19. The SMILES string of the molecule is CCC(C)C(NC(=O)C(Cc1c[nH]c2ccccc12)NC(=O)C(N)CS)C(=O)NC(CCC(N)=O)C(=O)O. The molecule has 0 fully saturated rings. The first-order chi connectivity index (χ1) is 18.0. The standard InChI is InChI=1S/C25H36N6O6S/c1-3-13(2)21(24(35)29-18(25(36)37)8-9-20(27)32)31-23(34)19(30-22(33)16(26)12-38)10-14-11-28-17-7-5-4-6-15(14)17/h4-7,11,13,16,18-19,21,28,38H,3,8-10,12,26H2,1-2H3,(H2,27,32)(H,29,35)(H,30,33)(H,31,34)(H,36,37). The third-order valence-electron chi connectivity index (χ3n) is 6.35. The lowest BCUT2D eigenvalue weighted by molar-refractivity contribution is -0.143. The van der Waals surface area contributed by atoms with Crippen molar-refractivity contribution in [3.05, 3.63) is 36.0 Å². The van der Waals surface area contributed by atoms with Crippen molar-refractivity contribution in [2.75, 3.05) is 5.75 Å². The maximum atomic E-state index is 13.5. The molecule has 0 saturated heterocycles. The summed E-state index contributed by atoms with van der Waals surface area (Å²) in [5.41, 5.74) is 12.5. The molecule has 0 saturated carbocycles. The Balaban J connectivity index is 2.29. The number of amides is 4. The van der Waals surface area contributed by atoms with Crippen LogP contribution < -0.4 is 27.4 Å². The van der Waals surface area contributed by atoms with Crippen LogP contribution in [0.25, 0.3) is 10.9 Å². The molecular weight excluding hydrogens is 512 g/mol. The number of nitrogens with two attached hydrogens (primary N) is 2. The van der Waals surface area contributed by atoms with Gasteiger partial charge in [0.25, 0.3) is 0 Å². The number of carbonyl (C=O) groups excluding carboxylic acids is 4. The van der Waals surface area contributed by atoms with Gasteiger partial charge in [-0.3, -0.25) is 19.2 Å². The Hall–Kier alpha value is -3.58. The summed E-state index contributed by atoms with van der Waals surface area (Å²) >= 11 is 4.05. The van der Waals surface area contributed by atoms with E-state index in [9.17, 15) is 29.1 Å². The smallest absolute Gasteiger partial charge is 0.326 e. The fraction of sp³-hybridized carbons (Fsp3) is 0.480. The average Bonchev–Trinajstić information content (AvgIpc) is 3.30. The number of aromatic amines is 1. The largest absolute Gasteiger partial charge is 0.480 e. The molecule has 38 heavy (non-hydrogen) atoms. The quantitative estimate of drug-likeness (QED) is 0.141. The summed E-state index contributed by atoms with van der Waals surface area (Å²) in [5.74, 6) is -4.30. The molecule has 0 spiro atoms. The minimum absolute atomic E-state index is 0.0625. The summed E-state index contributed by atoms with van der Waals surface area (Å²) in [7, 11) is 0. The molecule has 0 aliphatic rings. The molecule has 2 rings (SSSR count). The Bertz CT molecular complexity index is 1150. The molecule has 1 aromatic heterocycles. The van der Waals surface area contributed by atoms with Gasteiger partial charge in [0.15, 0.2) is 0 Å². The molecule has 2 aromatic rings. The molecule has 1 aromatic carbocycles. The number of thiol groups is 1. The molecular formula is C25H36N6O6S. The summed E-state index contributed by atoms with van der Waals surface area (Å²) in [5, 5.41) is 18.0. The predicted molar refractivity (Wildman–Crippen MR) is 145 cm³/mol. The van der Waals surface area contributed by atoms with Gasteiger partial charge in [0, 0.05) is 35.7 Å². The summed E-state index contributed by atoms with van der Waals surface area (Å²) < 4.78 is 0. The first-order valence-electron chi connectivity index (χ1n) is 12.3. The third kappa shape index (κ3) is 8.48. The van der Waals surface area contributed by atoms with Gasteiger partial charge in [0.1, 0.15) is 18.1 Å². The highest BCUT2D eigenvalue weighted by atomic mass is 32.1. The van der Waals surface area contributed by atoms with Crippen LogP contribution in [0.2, 0.25) is 0 Å². The molecule has 0 bridgehead atoms. The molecule has 9 N–H and O–H groups in total. The van der Waals surface area contributed by atoms with E-state index in [0.717, 1.165) is 16.5 Å². The van der Waals surface area contributed by atoms with Crippen molar-refractivity contribution < 1.29 is 29.1 Å². The Labute approximate surface area is 226 Å². The van der Waals surface area contributed by atoms with Gasteiger partial charge in [0.2, 0.25) is 23.6 Å². The third-order valence-corrected chi connectivity index (χ3v) is 6.75. The van der Waals surface area contributed by atoms with Crippen molar-refractivity contribution in [2.45, 2.75) is 63.7 Å². The van der Waals surface area contributed by atoms with Gasteiger partial charge in [-0.15, -0.1) is 0 Å². The van der Waals surface area contributed by atoms with E-state index in [1.54, 1.807) is 13.1 Å². The van der Waals surface area contributed by atoms with E-state index in [4.69, 9.17) is 11.5 Å². The summed E-state index contributed by atoms with van der Waals surface area (Å²) in [6.07, 6.45) is 1.90. The Morgan fingerprint density at radius 2 is 1.68 bits per heavy atom. The van der Waals surface area contributed by atoms with Crippen LogP contribution >= 0.6 is 12.6 Å². The van der Waals surface area contributed by atoms with Crippen molar-refractivity contribution in [1.29, 1.82) is 0 Å². The highest BCUT2D eigenvalue weighted by molar-refractivity contribution is 7.80. The number of aromatic nitrogens is 1. The van der Waals surface area contributed by atoms with Gasteiger partial charge in [-0.2, -0.15) is 12.6 Å². The zero-order valence-corrected chi connectivity index (χ0v) is 22.3. The highest BCUT2D eigenvalue weighted by Crippen LogP contribution is 2.19. The van der Waals surface area contributed by atoms with Crippen LogP contribution in [-0.4, -0.2) is 69.6 Å².